The number of aromatic nitrogens is 1. The van der Waals surface area contributed by atoms with E-state index in [1.165, 1.54) is 36.5 Å². The number of hydrogen-bond donors (Lipinski definition) is 1. The predicted molar refractivity (Wildman–Crippen MR) is 72.6 cm³/mol. The number of hydrogen-bond acceptors (Lipinski definition) is 3. The fraction of sp³-hybridized carbons (Fsp3) is 0. The van der Waals surface area contributed by atoms with Gasteiger partial charge in [-0.3, -0.25) is 4.98 Å². The van der Waals surface area contributed by atoms with E-state index < -0.39 is 11.6 Å². The molecule has 0 unspecified atom stereocenters. The zero-order valence-electron chi connectivity index (χ0n) is 10.3. The maximum Gasteiger partial charge on any atom is 0.189 e. The number of nitrogens with zero attached hydrogens (tertiary/aromatic N) is 1. The van der Waals surface area contributed by atoms with Crippen LogP contribution in [0.4, 0.5) is 14.5 Å². The summed E-state index contributed by atoms with van der Waals surface area (Å²) in [5, 5.41) is 0.584. The van der Waals surface area contributed by atoms with Crippen LogP contribution in [0.5, 0.6) is 11.5 Å². The minimum atomic E-state index is -0.641. The quantitative estimate of drug-likeness (QED) is 0.720. The molecule has 0 amide bonds. The van der Waals surface area contributed by atoms with E-state index in [1.807, 2.05) is 0 Å². The lowest BCUT2D eigenvalue weighted by molar-refractivity contribution is 0.443. The Morgan fingerprint density at radius 3 is 2.70 bits per heavy atom. The third kappa shape index (κ3) is 2.14. The number of benzene rings is 2. The molecule has 0 spiro atoms. The van der Waals surface area contributed by atoms with Crippen molar-refractivity contribution < 1.29 is 13.5 Å². The molecule has 2 aromatic carbocycles. The molecule has 3 nitrogen and oxygen atoms in total. The van der Waals surface area contributed by atoms with Crippen LogP contribution in [0.15, 0.2) is 48.7 Å². The van der Waals surface area contributed by atoms with Crippen LogP contribution >= 0.6 is 0 Å². The summed E-state index contributed by atoms with van der Waals surface area (Å²) in [5.41, 5.74) is 6.32. The molecule has 0 fully saturated rings. The SMILES string of the molecule is Nc1cc(F)c(Oc2cccc(F)c2)c2ncccc12. The van der Waals surface area contributed by atoms with Gasteiger partial charge in [0.25, 0.3) is 0 Å². The number of nitrogen functional groups attached to an aromatic ring is 1. The Balaban J connectivity index is 2.16. The van der Waals surface area contributed by atoms with Crippen molar-refractivity contribution >= 4 is 16.6 Å². The summed E-state index contributed by atoms with van der Waals surface area (Å²) in [4.78, 5) is 4.08. The molecular formula is C15H10F2N2O. The second-order valence-electron chi connectivity index (χ2n) is 4.24. The van der Waals surface area contributed by atoms with E-state index in [2.05, 4.69) is 4.98 Å². The Morgan fingerprint density at radius 1 is 1.05 bits per heavy atom. The Hall–Kier alpha value is -2.69. The molecule has 0 bridgehead atoms. The molecule has 5 heteroatoms. The third-order valence-electron chi connectivity index (χ3n) is 2.85. The zero-order valence-corrected chi connectivity index (χ0v) is 10.3. The molecule has 0 aliphatic rings. The number of pyridine rings is 1. The van der Waals surface area contributed by atoms with Gasteiger partial charge in [-0.15, -0.1) is 0 Å². The molecule has 0 aliphatic carbocycles. The lowest BCUT2D eigenvalue weighted by Crippen LogP contribution is -1.96. The zero-order chi connectivity index (χ0) is 14.1. The van der Waals surface area contributed by atoms with E-state index in [-0.39, 0.29) is 17.2 Å². The molecule has 3 rings (SSSR count). The van der Waals surface area contributed by atoms with E-state index >= 15 is 0 Å². The minimum absolute atomic E-state index is 0.0691. The highest BCUT2D eigenvalue weighted by atomic mass is 19.1. The van der Waals surface area contributed by atoms with Crippen LogP contribution in [0.1, 0.15) is 0 Å². The first-order chi connectivity index (χ1) is 9.65. The molecule has 100 valence electrons. The average molecular weight is 272 g/mol. The molecule has 1 aromatic heterocycles. The van der Waals surface area contributed by atoms with Crippen molar-refractivity contribution in [2.45, 2.75) is 0 Å². The van der Waals surface area contributed by atoms with Crippen molar-refractivity contribution in [2.24, 2.45) is 0 Å². The van der Waals surface area contributed by atoms with E-state index in [0.29, 0.717) is 10.9 Å². The Bertz CT molecular complexity index is 790. The highest BCUT2D eigenvalue weighted by Gasteiger charge is 2.14. The first-order valence-electron chi connectivity index (χ1n) is 5.91. The highest BCUT2D eigenvalue weighted by molar-refractivity contribution is 5.94. The van der Waals surface area contributed by atoms with Gasteiger partial charge in [-0.1, -0.05) is 6.07 Å². The molecular weight excluding hydrogens is 262 g/mol. The van der Waals surface area contributed by atoms with Crippen molar-refractivity contribution in [2.75, 3.05) is 5.73 Å². The molecule has 0 aliphatic heterocycles. The fourth-order valence-electron chi connectivity index (χ4n) is 1.96. The van der Waals surface area contributed by atoms with Gasteiger partial charge in [0.1, 0.15) is 17.1 Å². The monoisotopic (exact) mass is 272 g/mol. The maximum absolute atomic E-state index is 14.0. The van der Waals surface area contributed by atoms with Crippen LogP contribution in [-0.4, -0.2) is 4.98 Å². The van der Waals surface area contributed by atoms with Crippen molar-refractivity contribution in [1.29, 1.82) is 0 Å². The second-order valence-corrected chi connectivity index (χ2v) is 4.24. The molecule has 2 N–H and O–H groups in total. The Morgan fingerprint density at radius 2 is 1.90 bits per heavy atom. The van der Waals surface area contributed by atoms with Crippen molar-refractivity contribution in [3.05, 3.63) is 60.3 Å². The maximum atomic E-state index is 14.0. The van der Waals surface area contributed by atoms with Gasteiger partial charge in [0, 0.05) is 29.4 Å². The van der Waals surface area contributed by atoms with Crippen molar-refractivity contribution in [1.82, 2.24) is 4.98 Å². The normalized spacial score (nSPS) is 10.7. The van der Waals surface area contributed by atoms with Crippen LogP contribution in [0.2, 0.25) is 0 Å². The van der Waals surface area contributed by atoms with Crippen molar-refractivity contribution in [3.8, 4) is 11.5 Å². The summed E-state index contributed by atoms with van der Waals surface area (Å²) in [6, 6.07) is 10.0. The smallest absolute Gasteiger partial charge is 0.189 e. The fourth-order valence-corrected chi connectivity index (χ4v) is 1.96. The molecule has 0 radical (unpaired) electrons. The van der Waals surface area contributed by atoms with Crippen LogP contribution in [-0.2, 0) is 0 Å². The van der Waals surface area contributed by atoms with Crippen LogP contribution in [0.25, 0.3) is 10.9 Å². The molecule has 1 heterocycles. The minimum Gasteiger partial charge on any atom is -0.452 e. The highest BCUT2D eigenvalue weighted by Crippen LogP contribution is 2.34. The predicted octanol–water partition coefficient (Wildman–Crippen LogP) is 3.89. The summed E-state index contributed by atoms with van der Waals surface area (Å²) in [5.74, 6) is -0.977. The van der Waals surface area contributed by atoms with E-state index in [1.54, 1.807) is 12.1 Å². The largest absolute Gasteiger partial charge is 0.452 e. The van der Waals surface area contributed by atoms with Gasteiger partial charge in [-0.05, 0) is 24.3 Å². The van der Waals surface area contributed by atoms with Gasteiger partial charge >= 0.3 is 0 Å². The Kier molecular flexibility index (Phi) is 2.95. The second kappa shape index (κ2) is 4.77. The number of nitrogens with two attached hydrogens (primary N) is 1. The Labute approximate surface area is 113 Å². The summed E-state index contributed by atoms with van der Waals surface area (Å²) in [7, 11) is 0. The summed E-state index contributed by atoms with van der Waals surface area (Å²) in [6.07, 6.45) is 1.51. The first kappa shape index (κ1) is 12.3. The van der Waals surface area contributed by atoms with Crippen LogP contribution < -0.4 is 10.5 Å². The average Bonchev–Trinajstić information content (AvgIpc) is 2.43. The molecule has 0 atom stereocenters. The first-order valence-corrected chi connectivity index (χ1v) is 5.91. The van der Waals surface area contributed by atoms with Crippen LogP contribution in [0, 0.1) is 11.6 Å². The van der Waals surface area contributed by atoms with Gasteiger partial charge in [-0.25, -0.2) is 8.78 Å². The standard InChI is InChI=1S/C15H10F2N2O/c16-9-3-1-4-10(7-9)20-15-12(17)8-13(18)11-5-2-6-19-14(11)15/h1-8H,18H2. The summed E-state index contributed by atoms with van der Waals surface area (Å²) < 4.78 is 32.6. The summed E-state index contributed by atoms with van der Waals surface area (Å²) >= 11 is 0. The van der Waals surface area contributed by atoms with Gasteiger partial charge < -0.3 is 10.5 Å². The molecule has 20 heavy (non-hydrogen) atoms. The van der Waals surface area contributed by atoms with Gasteiger partial charge in [-0.2, -0.15) is 0 Å². The van der Waals surface area contributed by atoms with E-state index in [4.69, 9.17) is 10.5 Å². The third-order valence-corrected chi connectivity index (χ3v) is 2.85. The topological polar surface area (TPSA) is 48.1 Å². The lowest BCUT2D eigenvalue weighted by Gasteiger charge is -2.11. The number of anilines is 1. The lowest BCUT2D eigenvalue weighted by atomic mass is 10.1. The van der Waals surface area contributed by atoms with E-state index in [9.17, 15) is 8.78 Å². The summed E-state index contributed by atoms with van der Waals surface area (Å²) in [6.45, 7) is 0. The number of fused-ring (bicyclic) bond motifs is 1. The molecule has 0 saturated heterocycles. The van der Waals surface area contributed by atoms with Gasteiger partial charge in [0.2, 0.25) is 0 Å². The number of ether oxygens (including phenoxy) is 1. The number of rotatable bonds is 2. The molecule has 3 aromatic rings. The molecule has 0 saturated carbocycles. The number of halogens is 2. The van der Waals surface area contributed by atoms with Gasteiger partial charge in [0.15, 0.2) is 11.6 Å². The van der Waals surface area contributed by atoms with Crippen LogP contribution in [0.3, 0.4) is 0 Å². The van der Waals surface area contributed by atoms with Gasteiger partial charge in [0.05, 0.1) is 0 Å². The van der Waals surface area contributed by atoms with E-state index in [0.717, 1.165) is 0 Å². The van der Waals surface area contributed by atoms with Crippen molar-refractivity contribution in [3.63, 3.8) is 0 Å².